The van der Waals surface area contributed by atoms with Gasteiger partial charge in [0, 0.05) is 20.2 Å². The lowest BCUT2D eigenvalue weighted by Crippen LogP contribution is -2.25. The van der Waals surface area contributed by atoms with Gasteiger partial charge in [0.15, 0.2) is 0 Å². The maximum atomic E-state index is 12.6. The van der Waals surface area contributed by atoms with Crippen LogP contribution in [-0.4, -0.2) is 55.4 Å². The van der Waals surface area contributed by atoms with Crippen molar-refractivity contribution in [2.75, 3.05) is 32.6 Å². The Kier molecular flexibility index (Phi) is 6.00. The highest BCUT2D eigenvalue weighted by molar-refractivity contribution is 7.91. The van der Waals surface area contributed by atoms with E-state index in [9.17, 15) is 8.42 Å². The number of hydrogen-bond donors (Lipinski definition) is 0. The number of imidazole rings is 1. The Morgan fingerprint density at radius 3 is 2.59 bits per heavy atom. The minimum atomic E-state index is -3.31. The maximum Gasteiger partial charge on any atom is 0.227 e. The van der Waals surface area contributed by atoms with Gasteiger partial charge in [0.05, 0.1) is 24.3 Å². The second kappa shape index (κ2) is 7.57. The summed E-state index contributed by atoms with van der Waals surface area (Å²) in [6, 6.07) is 0. The van der Waals surface area contributed by atoms with Gasteiger partial charge < -0.3 is 9.30 Å². The normalized spacial score (nSPS) is 15.6. The molecule has 1 aliphatic carbocycles. The summed E-state index contributed by atoms with van der Waals surface area (Å²) in [5, 5.41) is 0.207. The molecule has 1 aliphatic rings. The summed E-state index contributed by atoms with van der Waals surface area (Å²) < 4.78 is 32.1. The quantitative estimate of drug-likeness (QED) is 0.652. The van der Waals surface area contributed by atoms with Gasteiger partial charge in [0.2, 0.25) is 15.0 Å². The molecule has 0 aliphatic heterocycles. The van der Waals surface area contributed by atoms with E-state index >= 15 is 0 Å². The van der Waals surface area contributed by atoms with Crippen LogP contribution in [0.25, 0.3) is 0 Å². The molecule has 0 N–H and O–H groups in total. The van der Waals surface area contributed by atoms with Crippen molar-refractivity contribution in [3.63, 3.8) is 0 Å². The van der Waals surface area contributed by atoms with E-state index in [-0.39, 0.29) is 10.9 Å². The molecule has 2 rings (SSSR count). The lowest BCUT2D eigenvalue weighted by atomic mass is 10.4. The van der Waals surface area contributed by atoms with Crippen LogP contribution >= 0.6 is 0 Å². The summed E-state index contributed by atoms with van der Waals surface area (Å²) in [6.45, 7) is 7.77. The van der Waals surface area contributed by atoms with E-state index in [4.69, 9.17) is 4.74 Å². The van der Waals surface area contributed by atoms with Crippen LogP contribution < -0.4 is 0 Å². The minimum Gasteiger partial charge on any atom is -0.383 e. The highest BCUT2D eigenvalue weighted by atomic mass is 32.2. The summed E-state index contributed by atoms with van der Waals surface area (Å²) in [4.78, 5) is 6.48. The van der Waals surface area contributed by atoms with Gasteiger partial charge in [-0.3, -0.25) is 4.90 Å². The lowest BCUT2D eigenvalue weighted by Gasteiger charge is -2.19. The van der Waals surface area contributed by atoms with Gasteiger partial charge in [0.1, 0.15) is 0 Å². The molecule has 6 nitrogen and oxygen atoms in total. The third-order valence-electron chi connectivity index (χ3n) is 4.13. The Labute approximate surface area is 133 Å². The van der Waals surface area contributed by atoms with Gasteiger partial charge in [-0.25, -0.2) is 13.4 Å². The molecule has 1 fully saturated rings. The summed E-state index contributed by atoms with van der Waals surface area (Å²) >= 11 is 0. The Bertz CT molecular complexity index is 575. The zero-order chi connectivity index (χ0) is 16.2. The number of aromatic nitrogens is 2. The topological polar surface area (TPSA) is 64.4 Å². The van der Waals surface area contributed by atoms with E-state index in [2.05, 4.69) is 23.7 Å². The number of methoxy groups -OCH3 is 1. The standard InChI is InChI=1S/C15H27N3O3S/c1-4-17(5-2)11-14-10-16-15(18(14)8-9-21-3)22(19,20)12-13-6-7-13/h10,13H,4-9,11-12H2,1-3H3. The molecule has 0 atom stereocenters. The van der Waals surface area contributed by atoms with Crippen LogP contribution in [0.1, 0.15) is 32.4 Å². The van der Waals surface area contributed by atoms with Crippen molar-refractivity contribution in [3.05, 3.63) is 11.9 Å². The van der Waals surface area contributed by atoms with Crippen LogP contribution in [0.3, 0.4) is 0 Å². The largest absolute Gasteiger partial charge is 0.383 e. The van der Waals surface area contributed by atoms with Crippen LogP contribution in [0.4, 0.5) is 0 Å². The fourth-order valence-corrected chi connectivity index (χ4v) is 4.39. The molecule has 0 aromatic carbocycles. The summed E-state index contributed by atoms with van der Waals surface area (Å²) in [5.74, 6) is 0.547. The van der Waals surface area contributed by atoms with E-state index < -0.39 is 9.84 Å². The highest BCUT2D eigenvalue weighted by Crippen LogP contribution is 2.32. The third-order valence-corrected chi connectivity index (χ3v) is 5.92. The Morgan fingerprint density at radius 2 is 2.05 bits per heavy atom. The molecule has 126 valence electrons. The van der Waals surface area contributed by atoms with E-state index in [1.54, 1.807) is 13.3 Å². The molecule has 1 heterocycles. The van der Waals surface area contributed by atoms with Crippen LogP contribution in [0.2, 0.25) is 0 Å². The molecule has 0 saturated heterocycles. The molecule has 1 aromatic rings. The molecule has 0 bridgehead atoms. The monoisotopic (exact) mass is 329 g/mol. The van der Waals surface area contributed by atoms with Crippen LogP contribution in [-0.2, 0) is 27.7 Å². The van der Waals surface area contributed by atoms with Gasteiger partial charge in [-0.15, -0.1) is 0 Å². The lowest BCUT2D eigenvalue weighted by molar-refractivity contribution is 0.181. The molecule has 0 unspecified atom stereocenters. The van der Waals surface area contributed by atoms with Crippen molar-refractivity contribution in [1.29, 1.82) is 0 Å². The number of ether oxygens (including phenoxy) is 1. The average molecular weight is 329 g/mol. The van der Waals surface area contributed by atoms with Crippen molar-refractivity contribution in [1.82, 2.24) is 14.5 Å². The van der Waals surface area contributed by atoms with Crippen LogP contribution in [0.15, 0.2) is 11.4 Å². The van der Waals surface area contributed by atoms with Gasteiger partial charge in [0.25, 0.3) is 0 Å². The van der Waals surface area contributed by atoms with Gasteiger partial charge in [-0.1, -0.05) is 13.8 Å². The van der Waals surface area contributed by atoms with Gasteiger partial charge in [-0.2, -0.15) is 0 Å². The van der Waals surface area contributed by atoms with Gasteiger partial charge >= 0.3 is 0 Å². The van der Waals surface area contributed by atoms with E-state index in [1.807, 2.05) is 4.57 Å². The second-order valence-corrected chi connectivity index (χ2v) is 7.79. The number of nitrogens with zero attached hydrogens (tertiary/aromatic N) is 3. The first-order chi connectivity index (χ1) is 10.5. The second-order valence-electron chi connectivity index (χ2n) is 5.86. The van der Waals surface area contributed by atoms with E-state index in [1.165, 1.54) is 0 Å². The Hall–Kier alpha value is -0.920. The zero-order valence-electron chi connectivity index (χ0n) is 13.8. The molecule has 1 saturated carbocycles. The van der Waals surface area contributed by atoms with Crippen molar-refractivity contribution in [2.24, 2.45) is 5.92 Å². The van der Waals surface area contributed by atoms with Gasteiger partial charge in [-0.05, 0) is 31.8 Å². The molecule has 0 radical (unpaired) electrons. The fraction of sp³-hybridized carbons (Fsp3) is 0.800. The van der Waals surface area contributed by atoms with Crippen molar-refractivity contribution in [3.8, 4) is 0 Å². The minimum absolute atomic E-state index is 0.207. The predicted molar refractivity (Wildman–Crippen MR) is 85.5 cm³/mol. The van der Waals surface area contributed by atoms with Crippen LogP contribution in [0.5, 0.6) is 0 Å². The van der Waals surface area contributed by atoms with Crippen molar-refractivity contribution in [2.45, 2.75) is 44.9 Å². The molecular weight excluding hydrogens is 302 g/mol. The predicted octanol–water partition coefficient (Wildman–Crippen LogP) is 1.56. The van der Waals surface area contributed by atoms with Crippen molar-refractivity contribution < 1.29 is 13.2 Å². The first kappa shape index (κ1) is 17.4. The summed E-state index contributed by atoms with van der Waals surface area (Å²) in [6.07, 6.45) is 3.74. The van der Waals surface area contributed by atoms with E-state index in [0.717, 1.165) is 31.6 Å². The Morgan fingerprint density at radius 1 is 1.36 bits per heavy atom. The van der Waals surface area contributed by atoms with Crippen LogP contribution in [0, 0.1) is 5.92 Å². The highest BCUT2D eigenvalue weighted by Gasteiger charge is 2.32. The smallest absolute Gasteiger partial charge is 0.227 e. The summed E-state index contributed by atoms with van der Waals surface area (Å²) in [5.41, 5.74) is 0.940. The first-order valence-electron chi connectivity index (χ1n) is 8.00. The summed E-state index contributed by atoms with van der Waals surface area (Å²) in [7, 11) is -1.68. The SMILES string of the molecule is CCN(CC)Cc1cnc(S(=O)(=O)CC2CC2)n1CCOC. The molecule has 7 heteroatoms. The maximum absolute atomic E-state index is 12.6. The third kappa shape index (κ3) is 4.30. The number of rotatable bonds is 10. The Balaban J connectivity index is 2.26. The fourth-order valence-electron chi connectivity index (χ4n) is 2.53. The molecular formula is C15H27N3O3S. The number of sulfone groups is 1. The molecule has 1 aromatic heterocycles. The van der Waals surface area contributed by atoms with E-state index in [0.29, 0.717) is 25.6 Å². The first-order valence-corrected chi connectivity index (χ1v) is 9.65. The average Bonchev–Trinajstić information content (AvgIpc) is 3.19. The molecule has 0 amide bonds. The molecule has 22 heavy (non-hydrogen) atoms. The number of hydrogen-bond acceptors (Lipinski definition) is 5. The van der Waals surface area contributed by atoms with Crippen molar-refractivity contribution >= 4 is 9.84 Å². The zero-order valence-corrected chi connectivity index (χ0v) is 14.6. The molecule has 0 spiro atoms.